The summed E-state index contributed by atoms with van der Waals surface area (Å²) in [7, 11) is 0. The predicted octanol–water partition coefficient (Wildman–Crippen LogP) is 5.35. The number of aromatic nitrogens is 2. The van der Waals surface area contributed by atoms with Crippen molar-refractivity contribution in [2.75, 3.05) is 11.9 Å². The lowest BCUT2D eigenvalue weighted by Crippen LogP contribution is -2.31. The van der Waals surface area contributed by atoms with Gasteiger partial charge in [-0.15, -0.1) is 11.3 Å². The summed E-state index contributed by atoms with van der Waals surface area (Å²) >= 11 is 3.21. The molecule has 2 aromatic heterocycles. The molecule has 0 unspecified atom stereocenters. The summed E-state index contributed by atoms with van der Waals surface area (Å²) in [6.07, 6.45) is 0.530. The number of amides is 2. The van der Waals surface area contributed by atoms with Crippen molar-refractivity contribution in [3.05, 3.63) is 73.7 Å². The van der Waals surface area contributed by atoms with Crippen LogP contribution in [0.2, 0.25) is 0 Å². The molecule has 7 nitrogen and oxygen atoms in total. The van der Waals surface area contributed by atoms with Crippen LogP contribution in [0.5, 0.6) is 0 Å². The lowest BCUT2D eigenvalue weighted by Gasteiger charge is -2.22. The van der Waals surface area contributed by atoms with Gasteiger partial charge in [-0.05, 0) is 70.3 Å². The van der Waals surface area contributed by atoms with Crippen LogP contribution in [0.25, 0.3) is 11.0 Å². The van der Waals surface area contributed by atoms with Gasteiger partial charge in [0, 0.05) is 10.1 Å². The molecule has 4 N–H and O–H groups in total. The molecule has 0 bridgehead atoms. The van der Waals surface area contributed by atoms with Crippen molar-refractivity contribution in [3.8, 4) is 0 Å². The summed E-state index contributed by atoms with van der Waals surface area (Å²) in [5, 5.41) is 9.39. The summed E-state index contributed by atoms with van der Waals surface area (Å²) in [6, 6.07) is 12.5. The molecular weight excluding hydrogens is 580 g/mol. The zero-order valence-electron chi connectivity index (χ0n) is 19.1. The van der Waals surface area contributed by atoms with Crippen LogP contribution >= 0.6 is 33.9 Å². The van der Waals surface area contributed by atoms with E-state index in [0.29, 0.717) is 39.8 Å². The topological polar surface area (TPSA) is 98.9 Å². The van der Waals surface area contributed by atoms with Crippen molar-refractivity contribution in [2.45, 2.75) is 26.8 Å². The summed E-state index contributed by atoms with van der Waals surface area (Å²) in [5.41, 5.74) is 2.73. The Morgan fingerprint density at radius 2 is 2.06 bits per heavy atom. The van der Waals surface area contributed by atoms with E-state index in [1.807, 2.05) is 60.7 Å². The number of carbonyl (C=O) groups is 2. The number of para-hydroxylation sites is 2. The van der Waals surface area contributed by atoms with Crippen LogP contribution in [-0.2, 0) is 13.0 Å². The second kappa shape index (κ2) is 9.23. The Morgan fingerprint density at radius 1 is 1.26 bits per heavy atom. The SMILES string of the molecule is CC1(C)CNC(=O)c2sc(Nc3ccc(I)cc3F)c(C(=O)NCc3nc4ccccc4[nH]3)c2C1. The molecule has 0 saturated carbocycles. The quantitative estimate of drug-likeness (QED) is 0.231. The van der Waals surface area contributed by atoms with E-state index in [1.54, 1.807) is 12.1 Å². The first-order chi connectivity index (χ1) is 16.7. The van der Waals surface area contributed by atoms with Crippen LogP contribution in [0.3, 0.4) is 0 Å². The van der Waals surface area contributed by atoms with Crippen LogP contribution in [0, 0.1) is 14.8 Å². The molecule has 0 saturated heterocycles. The highest BCUT2D eigenvalue weighted by molar-refractivity contribution is 14.1. The van der Waals surface area contributed by atoms with Crippen molar-refractivity contribution in [2.24, 2.45) is 5.41 Å². The van der Waals surface area contributed by atoms with Gasteiger partial charge in [0.1, 0.15) is 16.6 Å². The van der Waals surface area contributed by atoms with Crippen molar-refractivity contribution >= 4 is 67.5 Å². The molecule has 1 aliphatic rings. The van der Waals surface area contributed by atoms with E-state index in [9.17, 15) is 14.0 Å². The molecule has 2 amide bonds. The first-order valence-corrected chi connectivity index (χ1v) is 13.0. The van der Waals surface area contributed by atoms with Gasteiger partial charge in [-0.2, -0.15) is 0 Å². The smallest absolute Gasteiger partial charge is 0.261 e. The van der Waals surface area contributed by atoms with Gasteiger partial charge in [0.15, 0.2) is 0 Å². The Bertz CT molecular complexity index is 1430. The zero-order chi connectivity index (χ0) is 24.7. The fraction of sp³-hybridized carbons (Fsp3) is 0.240. The first kappa shape index (κ1) is 23.7. The summed E-state index contributed by atoms with van der Waals surface area (Å²) in [6.45, 7) is 4.77. The Kier molecular flexibility index (Phi) is 6.26. The van der Waals surface area contributed by atoms with Crippen LogP contribution in [0.15, 0.2) is 42.5 Å². The number of halogens is 2. The monoisotopic (exact) mass is 603 g/mol. The molecule has 10 heteroatoms. The van der Waals surface area contributed by atoms with E-state index in [4.69, 9.17) is 0 Å². The number of anilines is 2. The standard InChI is InChI=1S/C25H23FIN5O2S/c1-25(2)10-14-20(22(33)28-11-19-30-17-5-3-4-6-18(17)31-19)24(35-21(14)23(34)29-12-25)32-16-8-7-13(27)9-15(16)26/h3-9,32H,10-12H2,1-2H3,(H,28,33)(H,29,34)(H,30,31). The van der Waals surface area contributed by atoms with Gasteiger partial charge in [-0.1, -0.05) is 26.0 Å². The summed E-state index contributed by atoms with van der Waals surface area (Å²) < 4.78 is 15.4. The number of nitrogens with zero attached hydrogens (tertiary/aromatic N) is 1. The molecule has 0 spiro atoms. The fourth-order valence-electron chi connectivity index (χ4n) is 4.14. The number of nitrogens with one attached hydrogen (secondary N) is 4. The number of H-pyrrole nitrogens is 1. The van der Waals surface area contributed by atoms with Gasteiger partial charge in [0.05, 0.1) is 33.7 Å². The number of rotatable bonds is 5. The molecule has 0 aliphatic carbocycles. The number of imidazole rings is 1. The minimum Gasteiger partial charge on any atom is -0.351 e. The minimum absolute atomic E-state index is 0.186. The third-order valence-electron chi connectivity index (χ3n) is 5.86. The molecule has 0 fully saturated rings. The van der Waals surface area contributed by atoms with Gasteiger partial charge in [-0.3, -0.25) is 9.59 Å². The maximum Gasteiger partial charge on any atom is 0.261 e. The number of carbonyl (C=O) groups excluding carboxylic acids is 2. The number of fused-ring (bicyclic) bond motifs is 2. The third-order valence-corrected chi connectivity index (χ3v) is 7.67. The molecule has 180 valence electrons. The highest BCUT2D eigenvalue weighted by Gasteiger charge is 2.34. The molecule has 0 radical (unpaired) electrons. The summed E-state index contributed by atoms with van der Waals surface area (Å²) in [4.78, 5) is 34.6. The number of aromatic amines is 1. The van der Waals surface area contributed by atoms with Gasteiger partial charge in [0.2, 0.25) is 0 Å². The average molecular weight is 603 g/mol. The van der Waals surface area contributed by atoms with Crippen molar-refractivity contribution < 1.29 is 14.0 Å². The minimum atomic E-state index is -0.432. The predicted molar refractivity (Wildman–Crippen MR) is 144 cm³/mol. The molecule has 1 aliphatic heterocycles. The van der Waals surface area contributed by atoms with Gasteiger partial charge in [0.25, 0.3) is 11.8 Å². The Labute approximate surface area is 219 Å². The van der Waals surface area contributed by atoms with Crippen molar-refractivity contribution in [3.63, 3.8) is 0 Å². The number of thiophene rings is 1. The van der Waals surface area contributed by atoms with Gasteiger partial charge >= 0.3 is 0 Å². The van der Waals surface area contributed by atoms with E-state index in [2.05, 4.69) is 25.9 Å². The lowest BCUT2D eigenvalue weighted by molar-refractivity contribution is 0.0944. The molecule has 0 atom stereocenters. The third kappa shape index (κ3) is 4.90. The van der Waals surface area contributed by atoms with Gasteiger partial charge in [-0.25, -0.2) is 9.37 Å². The van der Waals surface area contributed by atoms with Crippen LogP contribution < -0.4 is 16.0 Å². The normalized spacial score (nSPS) is 14.8. The molecule has 2 aromatic carbocycles. The Hall–Kier alpha value is -2.99. The van der Waals surface area contributed by atoms with Crippen LogP contribution in [0.4, 0.5) is 15.1 Å². The number of benzene rings is 2. The van der Waals surface area contributed by atoms with Crippen molar-refractivity contribution in [1.82, 2.24) is 20.6 Å². The van der Waals surface area contributed by atoms with E-state index in [-0.39, 0.29) is 29.5 Å². The van der Waals surface area contributed by atoms with E-state index >= 15 is 0 Å². The molecule has 5 rings (SSSR count). The largest absolute Gasteiger partial charge is 0.351 e. The first-order valence-electron chi connectivity index (χ1n) is 11.1. The van der Waals surface area contributed by atoms with E-state index in [0.717, 1.165) is 14.6 Å². The highest BCUT2D eigenvalue weighted by Crippen LogP contribution is 2.40. The maximum atomic E-state index is 14.6. The van der Waals surface area contributed by atoms with Crippen LogP contribution in [0.1, 0.15) is 45.3 Å². The number of hydrogen-bond donors (Lipinski definition) is 4. The molecule has 3 heterocycles. The van der Waals surface area contributed by atoms with Crippen molar-refractivity contribution in [1.29, 1.82) is 0 Å². The highest BCUT2D eigenvalue weighted by atomic mass is 127. The Morgan fingerprint density at radius 3 is 2.83 bits per heavy atom. The number of hydrogen-bond acceptors (Lipinski definition) is 5. The molecule has 35 heavy (non-hydrogen) atoms. The lowest BCUT2D eigenvalue weighted by atomic mass is 9.85. The maximum absolute atomic E-state index is 14.6. The van der Waals surface area contributed by atoms with E-state index < -0.39 is 5.82 Å². The Balaban J connectivity index is 1.51. The van der Waals surface area contributed by atoms with E-state index in [1.165, 1.54) is 17.4 Å². The second-order valence-corrected chi connectivity index (χ2v) is 11.5. The molecular formula is C25H23FIN5O2S. The molecule has 4 aromatic rings. The average Bonchev–Trinajstić information content (AvgIpc) is 3.35. The van der Waals surface area contributed by atoms with Gasteiger partial charge < -0.3 is 20.9 Å². The summed E-state index contributed by atoms with van der Waals surface area (Å²) in [5.74, 6) is -0.379. The zero-order valence-corrected chi connectivity index (χ0v) is 22.1. The van der Waals surface area contributed by atoms with Crippen LogP contribution in [-0.4, -0.2) is 28.3 Å². The fourth-order valence-corrected chi connectivity index (χ4v) is 5.74. The second-order valence-electron chi connectivity index (χ2n) is 9.27.